The van der Waals surface area contributed by atoms with Crippen LogP contribution >= 0.6 is 15.9 Å². The van der Waals surface area contributed by atoms with E-state index in [-0.39, 0.29) is 18.0 Å². The van der Waals surface area contributed by atoms with Crippen LogP contribution in [0.4, 0.5) is 0 Å². The number of amides is 1. The van der Waals surface area contributed by atoms with Crippen LogP contribution in [-0.2, 0) is 14.8 Å². The van der Waals surface area contributed by atoms with Gasteiger partial charge in [0.2, 0.25) is 5.91 Å². The molecule has 3 N–H and O–H groups in total. The number of sulfonamides is 1. The number of aromatic nitrogens is 1. The van der Waals surface area contributed by atoms with Gasteiger partial charge in [0, 0.05) is 23.6 Å². The lowest BCUT2D eigenvalue weighted by atomic mass is 10.4. The van der Waals surface area contributed by atoms with Gasteiger partial charge in [-0.3, -0.25) is 4.79 Å². The lowest BCUT2D eigenvalue weighted by molar-refractivity contribution is -0.117. The van der Waals surface area contributed by atoms with Crippen molar-refractivity contribution in [1.29, 1.82) is 0 Å². The third-order valence-electron chi connectivity index (χ3n) is 1.64. The molecule has 6 nitrogen and oxygen atoms in total. The molecule has 0 saturated carbocycles. The summed E-state index contributed by atoms with van der Waals surface area (Å²) < 4.78 is 26.1. The molecule has 0 spiro atoms. The Balaban J connectivity index is 2.71. The van der Waals surface area contributed by atoms with Crippen LogP contribution in [-0.4, -0.2) is 25.9 Å². The maximum Gasteiger partial charge on any atom is 0.258 e. The first-order chi connectivity index (χ1) is 7.42. The first-order valence-electron chi connectivity index (χ1n) is 4.31. The summed E-state index contributed by atoms with van der Waals surface area (Å²) in [6.45, 7) is -0.0323. The molecule has 0 aliphatic rings. The van der Waals surface area contributed by atoms with E-state index in [2.05, 4.69) is 25.6 Å². The third-order valence-corrected chi connectivity index (χ3v) is 3.48. The van der Waals surface area contributed by atoms with E-state index in [0.717, 1.165) is 0 Å². The standard InChI is InChI=1S/C8H10BrN3O3S/c9-6-1-2-8(11-5-6)16(14,15)12-4-3-7(10)13/h1-2,5,12H,3-4H2,(H2,10,13). The molecule has 1 heterocycles. The predicted molar refractivity (Wildman–Crippen MR) is 60.9 cm³/mol. The average molecular weight is 308 g/mol. The number of pyridine rings is 1. The largest absolute Gasteiger partial charge is 0.370 e. The zero-order valence-electron chi connectivity index (χ0n) is 8.18. The fourth-order valence-corrected chi connectivity index (χ4v) is 2.10. The van der Waals surface area contributed by atoms with Crippen LogP contribution in [0.3, 0.4) is 0 Å². The topological polar surface area (TPSA) is 102 Å². The third kappa shape index (κ3) is 3.87. The van der Waals surface area contributed by atoms with E-state index < -0.39 is 15.9 Å². The zero-order valence-corrected chi connectivity index (χ0v) is 10.6. The van der Waals surface area contributed by atoms with E-state index in [4.69, 9.17) is 5.73 Å². The van der Waals surface area contributed by atoms with Crippen LogP contribution in [0.25, 0.3) is 0 Å². The number of nitrogens with zero attached hydrogens (tertiary/aromatic N) is 1. The van der Waals surface area contributed by atoms with Crippen LogP contribution in [0.2, 0.25) is 0 Å². The summed E-state index contributed by atoms with van der Waals surface area (Å²) in [6.07, 6.45) is 1.33. The van der Waals surface area contributed by atoms with Crippen LogP contribution < -0.4 is 10.5 Å². The molecule has 16 heavy (non-hydrogen) atoms. The molecular formula is C8H10BrN3O3S. The first kappa shape index (κ1) is 13.1. The molecule has 1 amide bonds. The highest BCUT2D eigenvalue weighted by molar-refractivity contribution is 9.10. The van der Waals surface area contributed by atoms with Crippen molar-refractivity contribution in [1.82, 2.24) is 9.71 Å². The van der Waals surface area contributed by atoms with Gasteiger partial charge in [0.15, 0.2) is 5.03 Å². The minimum absolute atomic E-state index is 0.0323. The molecule has 0 unspecified atom stereocenters. The van der Waals surface area contributed by atoms with Gasteiger partial charge in [-0.15, -0.1) is 0 Å². The molecule has 0 bridgehead atoms. The van der Waals surface area contributed by atoms with Crippen molar-refractivity contribution in [3.63, 3.8) is 0 Å². The molecular weight excluding hydrogens is 298 g/mol. The number of nitrogens with one attached hydrogen (secondary N) is 1. The first-order valence-corrected chi connectivity index (χ1v) is 6.59. The normalized spacial score (nSPS) is 11.3. The maximum absolute atomic E-state index is 11.6. The number of halogens is 1. The Kier molecular flexibility index (Phi) is 4.39. The minimum Gasteiger partial charge on any atom is -0.370 e. The number of primary amides is 1. The Bertz CT molecular complexity index is 472. The Hall–Kier alpha value is -0.990. The Morgan fingerprint density at radius 1 is 1.50 bits per heavy atom. The van der Waals surface area contributed by atoms with Crippen LogP contribution in [0.15, 0.2) is 27.8 Å². The van der Waals surface area contributed by atoms with Gasteiger partial charge in [0.1, 0.15) is 0 Å². The fraction of sp³-hybridized carbons (Fsp3) is 0.250. The predicted octanol–water partition coefficient (Wildman–Crippen LogP) is -0.00220. The van der Waals surface area contributed by atoms with Crippen molar-refractivity contribution >= 4 is 31.9 Å². The molecule has 88 valence electrons. The Morgan fingerprint density at radius 2 is 2.19 bits per heavy atom. The van der Waals surface area contributed by atoms with Crippen molar-refractivity contribution in [2.24, 2.45) is 5.73 Å². The van der Waals surface area contributed by atoms with Crippen molar-refractivity contribution in [3.05, 3.63) is 22.8 Å². The quantitative estimate of drug-likeness (QED) is 0.799. The zero-order chi connectivity index (χ0) is 12.2. The van der Waals surface area contributed by atoms with Gasteiger partial charge in [-0.2, -0.15) is 0 Å². The van der Waals surface area contributed by atoms with Gasteiger partial charge in [-0.25, -0.2) is 18.1 Å². The molecule has 8 heteroatoms. The van der Waals surface area contributed by atoms with Gasteiger partial charge in [-0.05, 0) is 28.1 Å². The highest BCUT2D eigenvalue weighted by Crippen LogP contribution is 2.10. The lowest BCUT2D eigenvalue weighted by Gasteiger charge is -2.04. The van der Waals surface area contributed by atoms with E-state index in [9.17, 15) is 13.2 Å². The lowest BCUT2D eigenvalue weighted by Crippen LogP contribution is -2.28. The van der Waals surface area contributed by atoms with Gasteiger partial charge in [0.05, 0.1) is 0 Å². The van der Waals surface area contributed by atoms with Crippen LogP contribution in [0.5, 0.6) is 0 Å². The van der Waals surface area contributed by atoms with Gasteiger partial charge in [0.25, 0.3) is 10.0 Å². The van der Waals surface area contributed by atoms with Gasteiger partial charge >= 0.3 is 0 Å². The monoisotopic (exact) mass is 307 g/mol. The van der Waals surface area contributed by atoms with Crippen molar-refractivity contribution < 1.29 is 13.2 Å². The SMILES string of the molecule is NC(=O)CCNS(=O)(=O)c1ccc(Br)cn1. The van der Waals surface area contributed by atoms with E-state index in [1.165, 1.54) is 12.3 Å². The number of carbonyl (C=O) groups excluding carboxylic acids is 1. The number of hydrogen-bond acceptors (Lipinski definition) is 4. The second kappa shape index (κ2) is 5.37. The molecule has 0 atom stereocenters. The number of carbonyl (C=O) groups is 1. The van der Waals surface area contributed by atoms with Crippen molar-refractivity contribution in [2.45, 2.75) is 11.4 Å². The second-order valence-electron chi connectivity index (χ2n) is 2.93. The van der Waals surface area contributed by atoms with E-state index >= 15 is 0 Å². The minimum atomic E-state index is -3.66. The van der Waals surface area contributed by atoms with Crippen LogP contribution in [0.1, 0.15) is 6.42 Å². The summed E-state index contributed by atoms with van der Waals surface area (Å²) >= 11 is 3.14. The Morgan fingerprint density at radius 3 is 2.69 bits per heavy atom. The molecule has 0 aliphatic carbocycles. The molecule has 0 aromatic carbocycles. The summed E-state index contributed by atoms with van der Waals surface area (Å²) in [5, 5.41) is -0.0971. The smallest absolute Gasteiger partial charge is 0.258 e. The number of nitrogens with two attached hydrogens (primary N) is 1. The second-order valence-corrected chi connectivity index (χ2v) is 5.56. The number of hydrogen-bond donors (Lipinski definition) is 2. The molecule has 0 aliphatic heterocycles. The molecule has 1 aromatic heterocycles. The molecule has 0 radical (unpaired) electrons. The summed E-state index contributed by atoms with van der Waals surface area (Å²) in [6, 6.07) is 2.92. The highest BCUT2D eigenvalue weighted by atomic mass is 79.9. The molecule has 0 fully saturated rings. The summed E-state index contributed by atoms with van der Waals surface area (Å²) in [5.41, 5.74) is 4.88. The van der Waals surface area contributed by atoms with E-state index in [1.54, 1.807) is 6.07 Å². The number of rotatable bonds is 5. The molecule has 1 rings (SSSR count). The van der Waals surface area contributed by atoms with Gasteiger partial charge in [-0.1, -0.05) is 0 Å². The molecule has 0 saturated heterocycles. The summed E-state index contributed by atoms with van der Waals surface area (Å²) in [5.74, 6) is -0.563. The van der Waals surface area contributed by atoms with Crippen molar-refractivity contribution in [3.8, 4) is 0 Å². The summed E-state index contributed by atoms with van der Waals surface area (Å²) in [7, 11) is -3.66. The maximum atomic E-state index is 11.6. The van der Waals surface area contributed by atoms with Crippen molar-refractivity contribution in [2.75, 3.05) is 6.54 Å². The highest BCUT2D eigenvalue weighted by Gasteiger charge is 2.14. The van der Waals surface area contributed by atoms with E-state index in [0.29, 0.717) is 4.47 Å². The van der Waals surface area contributed by atoms with Crippen LogP contribution in [0, 0.1) is 0 Å². The van der Waals surface area contributed by atoms with E-state index in [1.807, 2.05) is 0 Å². The molecule has 1 aromatic rings. The average Bonchev–Trinajstić information content (AvgIpc) is 2.17. The fourth-order valence-electron chi connectivity index (χ4n) is 0.904. The summed E-state index contributed by atoms with van der Waals surface area (Å²) in [4.78, 5) is 14.2. The Labute approximate surface area is 101 Å². The van der Waals surface area contributed by atoms with Gasteiger partial charge < -0.3 is 5.73 Å².